The van der Waals surface area contributed by atoms with Crippen LogP contribution in [-0.4, -0.2) is 28.6 Å². The molecule has 0 fully saturated rings. The first-order valence-electron chi connectivity index (χ1n) is 8.84. The molecule has 0 bridgehead atoms. The molecule has 0 radical (unpaired) electrons. The van der Waals surface area contributed by atoms with Gasteiger partial charge in [-0.3, -0.25) is 0 Å². The number of anilines is 3. The summed E-state index contributed by atoms with van der Waals surface area (Å²) in [4.78, 5) is 12.7. The predicted octanol–water partition coefficient (Wildman–Crippen LogP) is 3.29. The Hall–Kier alpha value is -3.35. The number of nitrogens with zero attached hydrogens (tertiary/aromatic N) is 3. The van der Waals surface area contributed by atoms with Crippen LogP contribution in [0.2, 0.25) is 0 Å². The molecule has 7 heteroatoms. The molecule has 1 heterocycles. The van der Waals surface area contributed by atoms with Crippen molar-refractivity contribution in [2.24, 2.45) is 0 Å². The summed E-state index contributed by atoms with van der Waals surface area (Å²) >= 11 is 0. The summed E-state index contributed by atoms with van der Waals surface area (Å²) < 4.78 is 5.25. The van der Waals surface area contributed by atoms with Crippen LogP contribution in [0, 0.1) is 0 Å². The second-order valence-electron chi connectivity index (χ2n) is 6.15. The van der Waals surface area contributed by atoms with Gasteiger partial charge in [0.15, 0.2) is 0 Å². The quantitative estimate of drug-likeness (QED) is 0.564. The van der Waals surface area contributed by atoms with Gasteiger partial charge in [-0.05, 0) is 36.6 Å². The van der Waals surface area contributed by atoms with E-state index in [4.69, 9.17) is 10.5 Å². The van der Waals surface area contributed by atoms with Crippen LogP contribution in [0.25, 0.3) is 0 Å². The maximum atomic E-state index is 5.84. The number of nitrogens with one attached hydrogen (secondary N) is 2. The molecule has 0 aliphatic heterocycles. The van der Waals surface area contributed by atoms with Gasteiger partial charge in [-0.1, -0.05) is 42.5 Å². The Kier molecular flexibility index (Phi) is 6.04. The Morgan fingerprint density at radius 2 is 1.78 bits per heavy atom. The number of methoxy groups -OCH3 is 1. The average molecular weight is 364 g/mol. The van der Waals surface area contributed by atoms with E-state index in [9.17, 15) is 0 Å². The van der Waals surface area contributed by atoms with Crippen molar-refractivity contribution in [2.45, 2.75) is 19.4 Å². The van der Waals surface area contributed by atoms with Crippen LogP contribution in [0.1, 0.15) is 24.1 Å². The zero-order valence-electron chi connectivity index (χ0n) is 15.5. The van der Waals surface area contributed by atoms with Crippen LogP contribution in [0.3, 0.4) is 0 Å². The molecule has 3 rings (SSSR count). The average Bonchev–Trinajstić information content (AvgIpc) is 2.68. The molecule has 0 unspecified atom stereocenters. The first-order valence-corrected chi connectivity index (χ1v) is 8.84. The van der Waals surface area contributed by atoms with E-state index in [1.54, 1.807) is 7.11 Å². The number of hydrogen-bond donors (Lipinski definition) is 3. The normalized spacial score (nSPS) is 11.6. The standard InChI is InChI=1S/C20H24N6O/c1-14(16-8-4-3-5-9-16)23-20-25-18(21)24-19(26-20)22-12-11-15-7-6-10-17(13-15)27-2/h3-10,13-14H,11-12H2,1-2H3,(H4,21,22,23,24,25,26)/t14-/m0/s1. The van der Waals surface area contributed by atoms with E-state index in [1.807, 2.05) is 43.3 Å². The van der Waals surface area contributed by atoms with Gasteiger partial charge in [0, 0.05) is 6.54 Å². The lowest BCUT2D eigenvalue weighted by Gasteiger charge is -2.15. The minimum absolute atomic E-state index is 0.0534. The topological polar surface area (TPSA) is 98.0 Å². The van der Waals surface area contributed by atoms with Gasteiger partial charge in [0.1, 0.15) is 5.75 Å². The lowest BCUT2D eigenvalue weighted by atomic mass is 10.1. The third kappa shape index (κ3) is 5.31. The van der Waals surface area contributed by atoms with E-state index < -0.39 is 0 Å². The Labute approximate surface area is 159 Å². The van der Waals surface area contributed by atoms with E-state index in [2.05, 4.69) is 43.8 Å². The maximum Gasteiger partial charge on any atom is 0.229 e. The van der Waals surface area contributed by atoms with Crippen molar-refractivity contribution in [3.05, 3.63) is 65.7 Å². The van der Waals surface area contributed by atoms with Crippen molar-refractivity contribution in [1.82, 2.24) is 15.0 Å². The Morgan fingerprint density at radius 3 is 2.56 bits per heavy atom. The molecule has 1 aromatic heterocycles. The first-order chi connectivity index (χ1) is 13.1. The molecule has 27 heavy (non-hydrogen) atoms. The van der Waals surface area contributed by atoms with Crippen LogP contribution in [-0.2, 0) is 6.42 Å². The van der Waals surface area contributed by atoms with Gasteiger partial charge in [0.25, 0.3) is 0 Å². The molecule has 0 spiro atoms. The van der Waals surface area contributed by atoms with Crippen LogP contribution in [0.4, 0.5) is 17.8 Å². The maximum absolute atomic E-state index is 5.84. The summed E-state index contributed by atoms with van der Waals surface area (Å²) in [6, 6.07) is 18.1. The molecule has 0 aliphatic carbocycles. The van der Waals surface area contributed by atoms with Crippen LogP contribution < -0.4 is 21.1 Å². The Balaban J connectivity index is 1.61. The Bertz CT molecular complexity index is 871. The lowest BCUT2D eigenvalue weighted by molar-refractivity contribution is 0.414. The van der Waals surface area contributed by atoms with Gasteiger partial charge in [0.2, 0.25) is 17.8 Å². The van der Waals surface area contributed by atoms with Crippen molar-refractivity contribution < 1.29 is 4.74 Å². The van der Waals surface area contributed by atoms with Gasteiger partial charge in [0.05, 0.1) is 13.2 Å². The van der Waals surface area contributed by atoms with Crippen LogP contribution in [0.15, 0.2) is 54.6 Å². The van der Waals surface area contributed by atoms with Crippen LogP contribution >= 0.6 is 0 Å². The molecule has 2 aromatic carbocycles. The van der Waals surface area contributed by atoms with E-state index in [1.165, 1.54) is 5.56 Å². The SMILES string of the molecule is COc1cccc(CCNc2nc(N)nc(N[C@@H](C)c3ccccc3)n2)c1. The van der Waals surface area contributed by atoms with Crippen molar-refractivity contribution >= 4 is 17.8 Å². The van der Waals surface area contributed by atoms with Crippen LogP contribution in [0.5, 0.6) is 5.75 Å². The van der Waals surface area contributed by atoms with E-state index >= 15 is 0 Å². The second kappa shape index (κ2) is 8.84. The molecule has 4 N–H and O–H groups in total. The van der Waals surface area contributed by atoms with Gasteiger partial charge in [-0.25, -0.2) is 0 Å². The van der Waals surface area contributed by atoms with Crippen molar-refractivity contribution in [2.75, 3.05) is 30.0 Å². The smallest absolute Gasteiger partial charge is 0.229 e. The largest absolute Gasteiger partial charge is 0.497 e. The molecule has 0 saturated heterocycles. The Morgan fingerprint density at radius 1 is 1.00 bits per heavy atom. The highest BCUT2D eigenvalue weighted by Crippen LogP contribution is 2.18. The van der Waals surface area contributed by atoms with E-state index in [0.29, 0.717) is 18.4 Å². The van der Waals surface area contributed by atoms with Gasteiger partial charge < -0.3 is 21.1 Å². The minimum Gasteiger partial charge on any atom is -0.497 e. The fraction of sp³-hybridized carbons (Fsp3) is 0.250. The third-order valence-corrected chi connectivity index (χ3v) is 4.13. The molecule has 3 aromatic rings. The number of ether oxygens (including phenoxy) is 1. The van der Waals surface area contributed by atoms with E-state index in [0.717, 1.165) is 17.7 Å². The summed E-state index contributed by atoms with van der Waals surface area (Å²) in [6.07, 6.45) is 0.811. The first kappa shape index (κ1) is 18.4. The molecular weight excluding hydrogens is 340 g/mol. The number of nitrogen functional groups attached to an aromatic ring is 1. The zero-order valence-corrected chi connectivity index (χ0v) is 15.5. The summed E-state index contributed by atoms with van der Waals surface area (Å²) in [7, 11) is 1.66. The molecular formula is C20H24N6O. The van der Waals surface area contributed by atoms with Crippen molar-refractivity contribution in [3.8, 4) is 5.75 Å². The highest BCUT2D eigenvalue weighted by molar-refractivity contribution is 5.42. The number of benzene rings is 2. The fourth-order valence-corrected chi connectivity index (χ4v) is 2.70. The monoisotopic (exact) mass is 364 g/mol. The fourth-order valence-electron chi connectivity index (χ4n) is 2.70. The third-order valence-electron chi connectivity index (χ3n) is 4.13. The lowest BCUT2D eigenvalue weighted by Crippen LogP contribution is -2.14. The number of hydrogen-bond acceptors (Lipinski definition) is 7. The summed E-state index contributed by atoms with van der Waals surface area (Å²) in [5, 5.41) is 6.47. The van der Waals surface area contributed by atoms with Gasteiger partial charge in [-0.2, -0.15) is 15.0 Å². The molecule has 0 aliphatic rings. The molecule has 140 valence electrons. The molecule has 1 atom stereocenters. The van der Waals surface area contributed by atoms with Crippen molar-refractivity contribution in [1.29, 1.82) is 0 Å². The highest BCUT2D eigenvalue weighted by Gasteiger charge is 2.09. The number of nitrogens with two attached hydrogens (primary N) is 1. The molecule has 7 nitrogen and oxygen atoms in total. The number of aromatic nitrogens is 3. The predicted molar refractivity (Wildman–Crippen MR) is 108 cm³/mol. The van der Waals surface area contributed by atoms with Crippen molar-refractivity contribution in [3.63, 3.8) is 0 Å². The van der Waals surface area contributed by atoms with E-state index in [-0.39, 0.29) is 12.0 Å². The summed E-state index contributed by atoms with van der Waals surface area (Å²) in [6.45, 7) is 2.72. The summed E-state index contributed by atoms with van der Waals surface area (Å²) in [5.74, 6) is 1.92. The second-order valence-corrected chi connectivity index (χ2v) is 6.15. The minimum atomic E-state index is 0.0534. The van der Waals surface area contributed by atoms with Gasteiger partial charge >= 0.3 is 0 Å². The summed E-state index contributed by atoms with van der Waals surface area (Å²) in [5.41, 5.74) is 8.15. The molecule has 0 amide bonds. The highest BCUT2D eigenvalue weighted by atomic mass is 16.5. The zero-order chi connectivity index (χ0) is 19.1. The number of rotatable bonds is 8. The van der Waals surface area contributed by atoms with Gasteiger partial charge in [-0.15, -0.1) is 0 Å². The molecule has 0 saturated carbocycles.